The summed E-state index contributed by atoms with van der Waals surface area (Å²) in [6, 6.07) is 20.5. The summed E-state index contributed by atoms with van der Waals surface area (Å²) in [5.41, 5.74) is 7.44. The van der Waals surface area contributed by atoms with Gasteiger partial charge in [0, 0.05) is 23.1 Å². The van der Waals surface area contributed by atoms with Crippen LogP contribution in [0.2, 0.25) is 0 Å². The Morgan fingerprint density at radius 3 is 2.45 bits per heavy atom. The van der Waals surface area contributed by atoms with Gasteiger partial charge in [0.15, 0.2) is 0 Å². The van der Waals surface area contributed by atoms with Gasteiger partial charge in [-0.25, -0.2) is 4.98 Å². The quantitative estimate of drug-likeness (QED) is 0.541. The number of aromatic nitrogens is 1. The Labute approximate surface area is 134 Å². The van der Waals surface area contributed by atoms with Crippen LogP contribution in [0, 0.1) is 0 Å². The SMILES string of the molecule is CC(Cc1ccccc1)=NNc1nc(-c2ccccc2)cs1. The van der Waals surface area contributed by atoms with Gasteiger partial charge in [-0.2, -0.15) is 5.10 Å². The molecule has 2 aromatic carbocycles. The van der Waals surface area contributed by atoms with Gasteiger partial charge in [-0.1, -0.05) is 60.7 Å². The second-order valence-electron chi connectivity index (χ2n) is 5.03. The lowest BCUT2D eigenvalue weighted by Crippen LogP contribution is -2.01. The van der Waals surface area contributed by atoms with E-state index in [4.69, 9.17) is 0 Å². The molecule has 0 aliphatic carbocycles. The number of hydrazone groups is 1. The third-order valence-corrected chi connectivity index (χ3v) is 3.97. The molecule has 0 fully saturated rings. The Hall–Kier alpha value is -2.46. The fourth-order valence-corrected chi connectivity index (χ4v) is 2.80. The van der Waals surface area contributed by atoms with Gasteiger partial charge < -0.3 is 0 Å². The molecular formula is C18H17N3S. The largest absolute Gasteiger partial charge is 0.253 e. The molecule has 0 unspecified atom stereocenters. The van der Waals surface area contributed by atoms with Gasteiger partial charge in [-0.3, -0.25) is 5.43 Å². The zero-order valence-corrected chi connectivity index (χ0v) is 13.2. The Bertz CT molecular complexity index is 748. The lowest BCUT2D eigenvalue weighted by molar-refractivity contribution is 1.22. The molecule has 22 heavy (non-hydrogen) atoms. The van der Waals surface area contributed by atoms with Crippen molar-refractivity contribution in [2.75, 3.05) is 5.43 Å². The average Bonchev–Trinajstić information content (AvgIpc) is 3.04. The van der Waals surface area contributed by atoms with Gasteiger partial charge in [-0.05, 0) is 12.5 Å². The number of hydrogen-bond donors (Lipinski definition) is 1. The van der Waals surface area contributed by atoms with Gasteiger partial charge in [0.1, 0.15) is 0 Å². The van der Waals surface area contributed by atoms with Crippen molar-refractivity contribution in [1.29, 1.82) is 0 Å². The molecule has 110 valence electrons. The fraction of sp³-hybridized carbons (Fsp3) is 0.111. The van der Waals surface area contributed by atoms with Crippen LogP contribution in [0.4, 0.5) is 5.13 Å². The zero-order valence-electron chi connectivity index (χ0n) is 12.4. The second kappa shape index (κ2) is 7.00. The van der Waals surface area contributed by atoms with E-state index in [1.54, 1.807) is 11.3 Å². The molecule has 0 aliphatic rings. The molecule has 1 heterocycles. The normalized spacial score (nSPS) is 11.4. The zero-order chi connectivity index (χ0) is 15.2. The number of benzene rings is 2. The van der Waals surface area contributed by atoms with Crippen LogP contribution >= 0.6 is 11.3 Å². The topological polar surface area (TPSA) is 37.3 Å². The summed E-state index contributed by atoms with van der Waals surface area (Å²) in [6.45, 7) is 2.02. The monoisotopic (exact) mass is 307 g/mol. The van der Waals surface area contributed by atoms with Gasteiger partial charge >= 0.3 is 0 Å². The molecule has 4 heteroatoms. The van der Waals surface area contributed by atoms with Crippen molar-refractivity contribution in [3.8, 4) is 11.3 Å². The van der Waals surface area contributed by atoms with Crippen molar-refractivity contribution >= 4 is 22.2 Å². The van der Waals surface area contributed by atoms with E-state index in [0.717, 1.165) is 28.5 Å². The molecule has 3 nitrogen and oxygen atoms in total. The lowest BCUT2D eigenvalue weighted by Gasteiger charge is -2.01. The van der Waals surface area contributed by atoms with Crippen molar-refractivity contribution in [2.45, 2.75) is 13.3 Å². The molecule has 3 rings (SSSR count). The van der Waals surface area contributed by atoms with Gasteiger partial charge in [0.05, 0.1) is 5.69 Å². The summed E-state index contributed by atoms with van der Waals surface area (Å²) >= 11 is 1.56. The molecule has 0 radical (unpaired) electrons. The fourth-order valence-electron chi connectivity index (χ4n) is 2.14. The highest BCUT2D eigenvalue weighted by Crippen LogP contribution is 2.24. The van der Waals surface area contributed by atoms with Crippen LogP contribution in [-0.4, -0.2) is 10.7 Å². The summed E-state index contributed by atoms with van der Waals surface area (Å²) < 4.78 is 0. The number of nitrogens with zero attached hydrogens (tertiary/aromatic N) is 2. The number of rotatable bonds is 5. The molecule has 0 bridgehead atoms. The smallest absolute Gasteiger partial charge is 0.203 e. The standard InChI is InChI=1S/C18H17N3S/c1-14(12-15-8-4-2-5-9-15)20-21-18-19-17(13-22-18)16-10-6-3-7-11-16/h2-11,13H,12H2,1H3,(H,19,21). The molecule has 0 amide bonds. The van der Waals surface area contributed by atoms with Crippen molar-refractivity contribution in [2.24, 2.45) is 5.10 Å². The molecule has 1 N–H and O–H groups in total. The first-order valence-corrected chi connectivity index (χ1v) is 8.03. The van der Waals surface area contributed by atoms with Crippen LogP contribution in [0.25, 0.3) is 11.3 Å². The number of nitrogens with one attached hydrogen (secondary N) is 1. The summed E-state index contributed by atoms with van der Waals surface area (Å²) in [5.74, 6) is 0. The number of anilines is 1. The van der Waals surface area contributed by atoms with E-state index in [1.165, 1.54) is 5.56 Å². The van der Waals surface area contributed by atoms with Crippen molar-refractivity contribution < 1.29 is 0 Å². The third kappa shape index (κ3) is 3.80. The Morgan fingerprint density at radius 1 is 1.05 bits per heavy atom. The summed E-state index contributed by atoms with van der Waals surface area (Å²) in [4.78, 5) is 4.56. The highest BCUT2D eigenvalue weighted by atomic mass is 32.1. The van der Waals surface area contributed by atoms with E-state index < -0.39 is 0 Å². The van der Waals surface area contributed by atoms with Gasteiger partial charge in [-0.15, -0.1) is 11.3 Å². The summed E-state index contributed by atoms with van der Waals surface area (Å²) in [5, 5.41) is 7.26. The van der Waals surface area contributed by atoms with Crippen LogP contribution in [-0.2, 0) is 6.42 Å². The van der Waals surface area contributed by atoms with Gasteiger partial charge in [0.2, 0.25) is 5.13 Å². The van der Waals surface area contributed by atoms with E-state index >= 15 is 0 Å². The molecule has 0 atom stereocenters. The minimum atomic E-state index is 0.811. The maximum absolute atomic E-state index is 4.56. The second-order valence-corrected chi connectivity index (χ2v) is 5.88. The van der Waals surface area contributed by atoms with Crippen molar-refractivity contribution in [3.63, 3.8) is 0 Å². The lowest BCUT2D eigenvalue weighted by atomic mass is 10.1. The van der Waals surface area contributed by atoms with E-state index in [0.29, 0.717) is 0 Å². The van der Waals surface area contributed by atoms with Crippen molar-refractivity contribution in [1.82, 2.24) is 4.98 Å². The minimum Gasteiger partial charge on any atom is -0.253 e. The Kier molecular flexibility index (Phi) is 4.61. The number of hydrogen-bond acceptors (Lipinski definition) is 4. The minimum absolute atomic E-state index is 0.811. The van der Waals surface area contributed by atoms with Crippen LogP contribution in [0.1, 0.15) is 12.5 Å². The molecule has 0 saturated carbocycles. The highest BCUT2D eigenvalue weighted by Gasteiger charge is 2.03. The average molecular weight is 307 g/mol. The van der Waals surface area contributed by atoms with Crippen molar-refractivity contribution in [3.05, 3.63) is 71.6 Å². The van der Waals surface area contributed by atoms with E-state index in [-0.39, 0.29) is 0 Å². The Morgan fingerprint density at radius 2 is 1.73 bits per heavy atom. The maximum atomic E-state index is 4.56. The van der Waals surface area contributed by atoms with Crippen LogP contribution < -0.4 is 5.43 Å². The maximum Gasteiger partial charge on any atom is 0.203 e. The number of thiazole rings is 1. The molecule has 1 aromatic heterocycles. The summed E-state index contributed by atoms with van der Waals surface area (Å²) in [6.07, 6.45) is 0.838. The van der Waals surface area contributed by atoms with E-state index in [2.05, 4.69) is 39.8 Å². The molecule has 0 aliphatic heterocycles. The molecular weight excluding hydrogens is 290 g/mol. The van der Waals surface area contributed by atoms with Crippen LogP contribution in [0.5, 0.6) is 0 Å². The predicted molar refractivity (Wildman–Crippen MR) is 94.4 cm³/mol. The van der Waals surface area contributed by atoms with Crippen LogP contribution in [0.3, 0.4) is 0 Å². The molecule has 0 saturated heterocycles. The first-order chi connectivity index (χ1) is 10.8. The predicted octanol–water partition coefficient (Wildman–Crippen LogP) is 4.84. The Balaban J connectivity index is 1.64. The summed E-state index contributed by atoms with van der Waals surface area (Å²) in [7, 11) is 0. The first kappa shape index (κ1) is 14.5. The third-order valence-electron chi connectivity index (χ3n) is 3.22. The van der Waals surface area contributed by atoms with E-state index in [9.17, 15) is 0 Å². The first-order valence-electron chi connectivity index (χ1n) is 7.15. The van der Waals surface area contributed by atoms with E-state index in [1.807, 2.05) is 48.7 Å². The molecule has 3 aromatic rings. The molecule has 0 spiro atoms. The van der Waals surface area contributed by atoms with Gasteiger partial charge in [0.25, 0.3) is 0 Å². The van der Waals surface area contributed by atoms with Crippen LogP contribution in [0.15, 0.2) is 71.1 Å². The highest BCUT2D eigenvalue weighted by molar-refractivity contribution is 7.14.